The van der Waals surface area contributed by atoms with E-state index >= 15 is 0 Å². The van der Waals surface area contributed by atoms with Crippen molar-refractivity contribution < 1.29 is 0 Å². The molecule has 0 unspecified atom stereocenters. The summed E-state index contributed by atoms with van der Waals surface area (Å²) >= 11 is 14.4. The predicted octanol–water partition coefficient (Wildman–Crippen LogP) is 27.9. The number of benzene rings is 12. The van der Waals surface area contributed by atoms with E-state index in [1.54, 1.807) is 0 Å². The van der Waals surface area contributed by atoms with Crippen molar-refractivity contribution in [3.8, 4) is 56.2 Å². The smallest absolute Gasteiger partial charge is 0.0973 e. The van der Waals surface area contributed by atoms with Crippen molar-refractivity contribution in [3.63, 3.8) is 0 Å². The van der Waals surface area contributed by atoms with Gasteiger partial charge in [0.1, 0.15) is 0 Å². The summed E-state index contributed by atoms with van der Waals surface area (Å²) in [6, 6.07) is 91.7. The first-order valence-electron chi connectivity index (χ1n) is 39.5. The molecule has 0 atom stereocenters. The second-order valence-corrected chi connectivity index (χ2v) is 32.5. The van der Waals surface area contributed by atoms with Crippen molar-refractivity contribution in [1.29, 1.82) is 0 Å². The molecule has 0 radical (unpaired) electrons. The highest BCUT2D eigenvalue weighted by Crippen LogP contribution is 2.44. The van der Waals surface area contributed by atoms with Gasteiger partial charge in [0.2, 0.25) is 0 Å². The predicted molar refractivity (Wildman–Crippen MR) is 494 cm³/mol. The lowest BCUT2D eigenvalue weighted by Crippen LogP contribution is -2.22. The van der Waals surface area contributed by atoms with Gasteiger partial charge in [-0.1, -0.05) is 214 Å². The Balaban J connectivity index is 0.000000172. The highest BCUT2D eigenvalue weighted by atomic mass is 79.9. The van der Waals surface area contributed by atoms with Gasteiger partial charge in [0, 0.05) is 127 Å². The largest absolute Gasteiger partial charge is 0.372 e. The fourth-order valence-corrected chi connectivity index (χ4v) is 17.4. The van der Waals surface area contributed by atoms with E-state index < -0.39 is 0 Å². The molecular weight excluding hydrogens is 1630 g/mol. The van der Waals surface area contributed by atoms with E-state index in [4.69, 9.17) is 19.9 Å². The fraction of sp³-hybridized carbons (Fsp3) is 0.240. The van der Waals surface area contributed by atoms with Gasteiger partial charge in [0.15, 0.2) is 0 Å². The number of anilines is 4. The van der Waals surface area contributed by atoms with Crippen molar-refractivity contribution in [2.75, 3.05) is 72.0 Å². The van der Waals surface area contributed by atoms with Crippen molar-refractivity contribution in [2.45, 2.75) is 109 Å². The fourth-order valence-electron chi connectivity index (χ4n) is 15.6. The van der Waals surface area contributed by atoms with Gasteiger partial charge in [0.25, 0.3) is 0 Å². The molecule has 2 heterocycles. The van der Waals surface area contributed by atoms with Gasteiger partial charge < -0.3 is 19.6 Å². The molecule has 2 aromatic heterocycles. The molecule has 8 nitrogen and oxygen atoms in total. The van der Waals surface area contributed by atoms with Crippen LogP contribution < -0.4 is 19.6 Å². The Bertz CT molecular complexity index is 5330. The first kappa shape index (κ1) is 81.9. The minimum absolute atomic E-state index is 0.0828. The summed E-state index contributed by atoms with van der Waals surface area (Å²) in [4.78, 5) is 29.7. The van der Waals surface area contributed by atoms with Crippen LogP contribution in [0, 0.1) is 41.5 Å². The van der Waals surface area contributed by atoms with Crippen LogP contribution in [0.3, 0.4) is 0 Å². The third-order valence-electron chi connectivity index (χ3n) is 21.6. The Morgan fingerprint density at radius 1 is 0.241 bits per heavy atom. The molecule has 570 valence electrons. The van der Waals surface area contributed by atoms with E-state index in [-0.39, 0.29) is 11.8 Å². The summed E-state index contributed by atoms with van der Waals surface area (Å²) in [7, 11) is 0. The van der Waals surface area contributed by atoms with E-state index in [2.05, 4.69) is 362 Å². The second-order valence-electron chi connectivity index (χ2n) is 28.8. The first-order chi connectivity index (χ1) is 54.2. The normalized spacial score (nSPS) is 11.2. The van der Waals surface area contributed by atoms with Crippen molar-refractivity contribution in [2.24, 2.45) is 0 Å². The van der Waals surface area contributed by atoms with Crippen molar-refractivity contribution in [1.82, 2.24) is 19.9 Å². The molecule has 0 aliphatic rings. The average molecular weight is 1740 g/mol. The van der Waals surface area contributed by atoms with Crippen molar-refractivity contribution >= 4 is 109 Å². The lowest BCUT2D eigenvalue weighted by molar-refractivity contribution is 0.859. The second kappa shape index (κ2) is 37.8. The number of rotatable bonds is 23. The molecule has 0 saturated carbocycles. The molecule has 12 heteroatoms. The van der Waals surface area contributed by atoms with E-state index in [1.807, 2.05) is 72.8 Å². The summed E-state index contributed by atoms with van der Waals surface area (Å²) in [5.41, 5.74) is 34.7. The van der Waals surface area contributed by atoms with Gasteiger partial charge in [-0.15, -0.1) is 0 Å². The molecule has 0 aliphatic carbocycles. The molecule has 0 fully saturated rings. The van der Waals surface area contributed by atoms with Crippen LogP contribution in [0.5, 0.6) is 0 Å². The standard InChI is InChI=1S/C51H54N4.C29H36Br2N2.C20H12Br2N2/c1-9-54(10-2)43-25-27-45(36(7)31-43)49(46-28-26-44(32-37(46)8)55(11-3)12-4)42-30-35(6)29-41(33-42)38-21-23-40(24-22-38)51-50(39-19-17-34(5)18-20-39)52-47-15-13-14-16-48(47)53-51;1-7-32(8-2)25-11-13-27(20(5)15-25)29(22-17-23(30)19-24(31)18-22)28-14-12-26(16-21(28)6)33(9-3)10-4;21-15-9-5-13(6-10-15)19-20(14-7-11-16(22)12-8-14)24-18-4-2-1-3-17(18)23-19/h13-33,49H,9-12H2,1-8H3;11-19,29H,7-10H2,1-6H3;1-12H. The molecule has 12 aromatic carbocycles. The molecule has 0 N–H and O–H groups in total. The number of fused-ring (bicyclic) bond motifs is 2. The van der Waals surface area contributed by atoms with Gasteiger partial charge in [-0.3, -0.25) is 0 Å². The molecule has 0 aliphatic heterocycles. The van der Waals surface area contributed by atoms with E-state index in [9.17, 15) is 0 Å². The Morgan fingerprint density at radius 2 is 0.509 bits per heavy atom. The topological polar surface area (TPSA) is 64.5 Å². The zero-order valence-corrected chi connectivity index (χ0v) is 73.5. The number of hydrogen-bond donors (Lipinski definition) is 0. The van der Waals surface area contributed by atoms with Gasteiger partial charge in [-0.2, -0.15) is 0 Å². The number of aryl methyl sites for hydroxylation is 6. The molecule has 14 rings (SSSR count). The Hall–Kier alpha value is -9.56. The Morgan fingerprint density at radius 3 is 0.795 bits per heavy atom. The Labute approximate surface area is 699 Å². The summed E-state index contributed by atoms with van der Waals surface area (Å²) in [6.07, 6.45) is 0. The molecule has 0 saturated heterocycles. The third kappa shape index (κ3) is 19.0. The summed E-state index contributed by atoms with van der Waals surface area (Å²) in [5, 5.41) is 0. The quantitative estimate of drug-likeness (QED) is 0.0587. The van der Waals surface area contributed by atoms with Crippen LogP contribution in [-0.2, 0) is 0 Å². The average Bonchev–Trinajstić information content (AvgIpc) is 1.08. The number of para-hydroxylation sites is 4. The van der Waals surface area contributed by atoms with Crippen LogP contribution in [0.15, 0.2) is 273 Å². The summed E-state index contributed by atoms with van der Waals surface area (Å²) in [5.74, 6) is 0.245. The maximum absolute atomic E-state index is 5.17. The van der Waals surface area contributed by atoms with E-state index in [0.29, 0.717) is 0 Å². The van der Waals surface area contributed by atoms with Crippen LogP contribution in [0.2, 0.25) is 0 Å². The summed E-state index contributed by atoms with van der Waals surface area (Å²) in [6.45, 7) is 39.2. The zero-order valence-electron chi connectivity index (χ0n) is 67.1. The van der Waals surface area contributed by atoms with Crippen LogP contribution in [-0.4, -0.2) is 72.3 Å². The SMILES string of the molecule is Brc1ccc(-c2nc3ccccc3nc2-c2ccc(Br)cc2)cc1.CCN(CC)c1ccc(C(c2cc(Br)cc(Br)c2)c2ccc(N(CC)CC)cc2C)c(C)c1.CCN(CC)c1ccc(C(c2cc(C)cc(-c3ccc(-c4nc5ccccc5nc4-c4ccc(C)cc4)cc3)c2)c2ccc(N(CC)CC)cc2C)c(C)c1. The zero-order chi connectivity index (χ0) is 79.3. The summed E-state index contributed by atoms with van der Waals surface area (Å²) < 4.78 is 4.27. The molecule has 14 aromatic rings. The van der Waals surface area contributed by atoms with Gasteiger partial charge >= 0.3 is 0 Å². The van der Waals surface area contributed by atoms with Gasteiger partial charge in [-0.25, -0.2) is 19.9 Å². The third-order valence-corrected chi connectivity index (χ3v) is 23.6. The maximum Gasteiger partial charge on any atom is 0.0973 e. The van der Waals surface area contributed by atoms with E-state index in [1.165, 1.54) is 101 Å². The number of nitrogens with zero attached hydrogens (tertiary/aromatic N) is 8. The van der Waals surface area contributed by atoms with E-state index in [0.717, 1.165) is 137 Å². The lowest BCUT2D eigenvalue weighted by Gasteiger charge is -2.28. The number of hydrogen-bond acceptors (Lipinski definition) is 8. The van der Waals surface area contributed by atoms with Crippen molar-refractivity contribution in [3.05, 3.63) is 339 Å². The molecule has 0 amide bonds. The van der Waals surface area contributed by atoms with Gasteiger partial charge in [0.05, 0.1) is 44.8 Å². The minimum atomic E-state index is 0.0828. The van der Waals surface area contributed by atoms with Gasteiger partial charge in [-0.05, 0) is 279 Å². The van der Waals surface area contributed by atoms with Crippen LogP contribution in [0.25, 0.3) is 78.2 Å². The minimum Gasteiger partial charge on any atom is -0.372 e. The molecule has 112 heavy (non-hydrogen) atoms. The highest BCUT2D eigenvalue weighted by Gasteiger charge is 2.26. The number of halogens is 4. The van der Waals surface area contributed by atoms with Crippen LogP contribution in [0.4, 0.5) is 22.7 Å². The first-order valence-corrected chi connectivity index (χ1v) is 42.6. The maximum atomic E-state index is 5.17. The lowest BCUT2D eigenvalue weighted by atomic mass is 9.79. The molecule has 0 spiro atoms. The van der Waals surface area contributed by atoms with Crippen LogP contribution >= 0.6 is 63.7 Å². The highest BCUT2D eigenvalue weighted by molar-refractivity contribution is 9.11. The molecule has 0 bridgehead atoms. The van der Waals surface area contributed by atoms with Crippen LogP contribution in [0.1, 0.15) is 134 Å². The molecular formula is C100H102Br4N8. The Kier molecular flexibility index (Phi) is 27.7. The number of aromatic nitrogens is 4. The monoisotopic (exact) mass is 1730 g/mol.